The van der Waals surface area contributed by atoms with E-state index in [2.05, 4.69) is 0 Å². The van der Waals surface area contributed by atoms with Gasteiger partial charge < -0.3 is 23.4 Å². The molecule has 1 aliphatic heterocycles. The zero-order chi connectivity index (χ0) is 24.1. The molecule has 0 amide bonds. The van der Waals surface area contributed by atoms with Crippen molar-refractivity contribution in [3.05, 3.63) is 40.1 Å². The molecule has 9 nitrogen and oxygen atoms in total. The minimum Gasteiger partial charge on any atom is -0.483 e. The first-order valence-corrected chi connectivity index (χ1v) is 10.0. The SMILES string of the molecule is CC(=O)Oc1ccc2c(=O)c3c(OC(C)=O)c4c(cc3oc2c1OC(C)=O)OC(C)(C)C=C4. The second kappa shape index (κ2) is 7.77. The van der Waals surface area contributed by atoms with Gasteiger partial charge in [-0.2, -0.15) is 0 Å². The number of ether oxygens (including phenoxy) is 4. The van der Waals surface area contributed by atoms with Crippen molar-refractivity contribution in [1.82, 2.24) is 0 Å². The lowest BCUT2D eigenvalue weighted by molar-refractivity contribution is -0.134. The normalized spacial score (nSPS) is 13.8. The third-order valence-corrected chi connectivity index (χ3v) is 4.78. The highest BCUT2D eigenvalue weighted by molar-refractivity contribution is 6.01. The molecule has 170 valence electrons. The van der Waals surface area contributed by atoms with Crippen molar-refractivity contribution in [2.45, 2.75) is 40.2 Å². The maximum Gasteiger partial charge on any atom is 0.308 e. The van der Waals surface area contributed by atoms with Crippen LogP contribution in [0.2, 0.25) is 0 Å². The fraction of sp³-hybridized carbons (Fsp3) is 0.250. The molecule has 0 fully saturated rings. The molecular formula is C24H20O9. The number of hydrogen-bond donors (Lipinski definition) is 0. The van der Waals surface area contributed by atoms with Gasteiger partial charge in [-0.05, 0) is 38.1 Å². The van der Waals surface area contributed by atoms with Crippen LogP contribution in [0.3, 0.4) is 0 Å². The number of hydrogen-bond acceptors (Lipinski definition) is 9. The monoisotopic (exact) mass is 452 g/mol. The van der Waals surface area contributed by atoms with E-state index in [1.54, 1.807) is 12.2 Å². The first kappa shape index (κ1) is 22.1. The van der Waals surface area contributed by atoms with Crippen molar-refractivity contribution >= 4 is 45.9 Å². The van der Waals surface area contributed by atoms with Gasteiger partial charge >= 0.3 is 17.9 Å². The van der Waals surface area contributed by atoms with E-state index in [0.29, 0.717) is 11.3 Å². The molecule has 33 heavy (non-hydrogen) atoms. The molecule has 0 atom stereocenters. The largest absolute Gasteiger partial charge is 0.483 e. The van der Waals surface area contributed by atoms with Gasteiger partial charge in [0.2, 0.25) is 11.2 Å². The lowest BCUT2D eigenvalue weighted by atomic mass is 9.99. The van der Waals surface area contributed by atoms with Crippen LogP contribution in [0, 0.1) is 0 Å². The van der Waals surface area contributed by atoms with Crippen molar-refractivity contribution in [1.29, 1.82) is 0 Å². The van der Waals surface area contributed by atoms with Crippen molar-refractivity contribution < 1.29 is 37.7 Å². The molecular weight excluding hydrogens is 432 g/mol. The maximum atomic E-state index is 13.5. The number of esters is 3. The van der Waals surface area contributed by atoms with Crippen LogP contribution in [0.1, 0.15) is 40.2 Å². The number of carbonyl (C=O) groups is 3. The molecule has 4 rings (SSSR count). The van der Waals surface area contributed by atoms with E-state index in [1.165, 1.54) is 32.0 Å². The summed E-state index contributed by atoms with van der Waals surface area (Å²) < 4.78 is 27.7. The third kappa shape index (κ3) is 4.05. The van der Waals surface area contributed by atoms with Gasteiger partial charge in [-0.3, -0.25) is 19.2 Å². The fourth-order valence-electron chi connectivity index (χ4n) is 3.56. The highest BCUT2D eigenvalue weighted by Gasteiger charge is 2.29. The van der Waals surface area contributed by atoms with Crippen molar-refractivity contribution in [3.8, 4) is 23.0 Å². The van der Waals surface area contributed by atoms with E-state index in [-0.39, 0.29) is 39.2 Å². The van der Waals surface area contributed by atoms with Gasteiger partial charge in [-0.15, -0.1) is 0 Å². The van der Waals surface area contributed by atoms with Crippen LogP contribution in [0.4, 0.5) is 0 Å². The molecule has 0 bridgehead atoms. The van der Waals surface area contributed by atoms with E-state index in [1.807, 2.05) is 13.8 Å². The average molecular weight is 452 g/mol. The molecule has 2 aromatic carbocycles. The smallest absolute Gasteiger partial charge is 0.308 e. The van der Waals surface area contributed by atoms with Crippen LogP contribution in [0.15, 0.2) is 33.5 Å². The van der Waals surface area contributed by atoms with E-state index < -0.39 is 28.9 Å². The summed E-state index contributed by atoms with van der Waals surface area (Å²) in [5, 5.41) is 0.0439. The second-order valence-corrected chi connectivity index (χ2v) is 8.01. The Morgan fingerprint density at radius 3 is 2.18 bits per heavy atom. The predicted octanol–water partition coefficient (Wildman–Crippen LogP) is 3.91. The Hall–Kier alpha value is -4.14. The standard InChI is InChI=1S/C24H20O9/c1-11(25)29-16-7-6-15-20(28)19-18(32-22(15)23(16)31-13(3)27)10-17-14(21(19)30-12(2)26)8-9-24(4,5)33-17/h6-10H,1-5H3. The molecule has 0 N–H and O–H groups in total. The van der Waals surface area contributed by atoms with Crippen molar-refractivity contribution in [2.75, 3.05) is 0 Å². The van der Waals surface area contributed by atoms with Crippen LogP contribution in [0.5, 0.6) is 23.0 Å². The van der Waals surface area contributed by atoms with E-state index in [9.17, 15) is 19.2 Å². The summed E-state index contributed by atoms with van der Waals surface area (Å²) >= 11 is 0. The maximum absolute atomic E-state index is 13.5. The fourth-order valence-corrected chi connectivity index (χ4v) is 3.56. The van der Waals surface area contributed by atoms with Gasteiger partial charge in [0.1, 0.15) is 22.3 Å². The van der Waals surface area contributed by atoms with E-state index >= 15 is 0 Å². The lowest BCUT2D eigenvalue weighted by Crippen LogP contribution is -2.28. The molecule has 0 spiro atoms. The summed E-state index contributed by atoms with van der Waals surface area (Å²) in [7, 11) is 0. The first-order valence-electron chi connectivity index (χ1n) is 10.0. The molecule has 0 saturated carbocycles. The van der Waals surface area contributed by atoms with E-state index in [0.717, 1.165) is 6.92 Å². The molecule has 1 aromatic heterocycles. The Kier molecular flexibility index (Phi) is 5.20. The number of fused-ring (bicyclic) bond motifs is 3. The predicted molar refractivity (Wildman–Crippen MR) is 118 cm³/mol. The van der Waals surface area contributed by atoms with Crippen LogP contribution < -0.4 is 24.4 Å². The zero-order valence-corrected chi connectivity index (χ0v) is 18.6. The molecule has 9 heteroatoms. The quantitative estimate of drug-likeness (QED) is 0.331. The molecule has 0 radical (unpaired) electrons. The Bertz CT molecular complexity index is 1440. The third-order valence-electron chi connectivity index (χ3n) is 4.78. The Labute approximate surface area is 187 Å². The Morgan fingerprint density at radius 2 is 1.55 bits per heavy atom. The molecule has 0 saturated heterocycles. The lowest BCUT2D eigenvalue weighted by Gasteiger charge is -2.28. The van der Waals surface area contributed by atoms with Crippen LogP contribution in [-0.2, 0) is 14.4 Å². The van der Waals surface area contributed by atoms with Gasteiger partial charge in [-0.25, -0.2) is 0 Å². The minimum absolute atomic E-state index is 0.00417. The molecule has 1 aliphatic rings. The molecule has 0 unspecified atom stereocenters. The summed E-state index contributed by atoms with van der Waals surface area (Å²) in [6, 6.07) is 4.19. The molecule has 0 aliphatic carbocycles. The molecule has 2 heterocycles. The van der Waals surface area contributed by atoms with Gasteiger partial charge in [0.25, 0.3) is 0 Å². The Balaban J connectivity index is 2.13. The first-order chi connectivity index (χ1) is 15.5. The summed E-state index contributed by atoms with van der Waals surface area (Å²) in [5.74, 6) is -1.98. The van der Waals surface area contributed by atoms with Crippen molar-refractivity contribution in [2.24, 2.45) is 0 Å². The summed E-state index contributed by atoms with van der Waals surface area (Å²) in [6.07, 6.45) is 3.50. The van der Waals surface area contributed by atoms with Crippen LogP contribution >= 0.6 is 0 Å². The number of benzene rings is 2. The van der Waals surface area contributed by atoms with Gasteiger partial charge in [0, 0.05) is 26.8 Å². The average Bonchev–Trinajstić information content (AvgIpc) is 2.67. The van der Waals surface area contributed by atoms with Gasteiger partial charge in [-0.1, -0.05) is 0 Å². The zero-order valence-electron chi connectivity index (χ0n) is 18.6. The van der Waals surface area contributed by atoms with Crippen molar-refractivity contribution in [3.63, 3.8) is 0 Å². The van der Waals surface area contributed by atoms with Crippen LogP contribution in [-0.4, -0.2) is 23.5 Å². The van der Waals surface area contributed by atoms with Gasteiger partial charge in [0.05, 0.1) is 10.9 Å². The summed E-state index contributed by atoms with van der Waals surface area (Å²) in [5.41, 5.74) is -0.856. The Morgan fingerprint density at radius 1 is 0.909 bits per heavy atom. The van der Waals surface area contributed by atoms with Crippen LogP contribution in [0.25, 0.3) is 28.0 Å². The topological polar surface area (TPSA) is 118 Å². The number of carbonyl (C=O) groups excluding carboxylic acids is 3. The summed E-state index contributed by atoms with van der Waals surface area (Å²) in [6.45, 7) is 7.23. The second-order valence-electron chi connectivity index (χ2n) is 8.01. The summed E-state index contributed by atoms with van der Waals surface area (Å²) in [4.78, 5) is 48.6. The minimum atomic E-state index is -0.708. The number of rotatable bonds is 3. The highest BCUT2D eigenvalue weighted by Crippen LogP contribution is 2.44. The molecule has 3 aromatic rings. The van der Waals surface area contributed by atoms with E-state index in [4.69, 9.17) is 23.4 Å². The van der Waals surface area contributed by atoms with Gasteiger partial charge in [0.15, 0.2) is 17.1 Å². The highest BCUT2D eigenvalue weighted by atomic mass is 16.6.